The highest BCUT2D eigenvalue weighted by atomic mass is 16.6. The molecular formula is C42H71N5O9. The number of hydrogen-bond donors (Lipinski definition) is 3. The van der Waals surface area contributed by atoms with E-state index in [1.54, 1.807) is 37.6 Å². The summed E-state index contributed by atoms with van der Waals surface area (Å²) >= 11 is 0. The second-order valence-electron chi connectivity index (χ2n) is 16.0. The van der Waals surface area contributed by atoms with Crippen molar-refractivity contribution in [3.8, 4) is 0 Å². The van der Waals surface area contributed by atoms with Crippen molar-refractivity contribution in [1.29, 1.82) is 0 Å². The lowest BCUT2D eigenvalue weighted by molar-refractivity contribution is -0.148. The van der Waals surface area contributed by atoms with Crippen LogP contribution < -0.4 is 10.6 Å². The smallest absolute Gasteiger partial charge is 0.410 e. The Morgan fingerprint density at radius 3 is 2.02 bits per heavy atom. The van der Waals surface area contributed by atoms with Crippen LogP contribution in [0, 0.1) is 23.7 Å². The Balaban J connectivity index is 2.28. The SMILES string of the molecule is CCOC(=O)N(C)[C@H](C(=O)N[C@H](C(=O)N(C)[C@H](C(CC(=O)N1CCC[C@H]1[C@H](OC)C(C)C(=O)N[C@H](C)[C@@H](O)c1ccccc1)OC)[C@@H](C)CC)C(C)C)C(C)C. The first kappa shape index (κ1) is 48.4. The Hall–Kier alpha value is -3.75. The predicted octanol–water partition coefficient (Wildman–Crippen LogP) is 4.40. The number of nitrogens with zero attached hydrogens (tertiary/aromatic N) is 3. The van der Waals surface area contributed by atoms with Gasteiger partial charge in [-0.25, -0.2) is 4.79 Å². The number of aliphatic hydroxyl groups excluding tert-OH is 1. The van der Waals surface area contributed by atoms with E-state index in [0.717, 1.165) is 6.42 Å². The predicted molar refractivity (Wildman–Crippen MR) is 215 cm³/mol. The Morgan fingerprint density at radius 1 is 0.875 bits per heavy atom. The summed E-state index contributed by atoms with van der Waals surface area (Å²) in [5, 5.41) is 16.7. The maximum atomic E-state index is 14.3. The van der Waals surface area contributed by atoms with Crippen LogP contribution in [0.4, 0.5) is 4.79 Å². The number of nitrogens with one attached hydrogen (secondary N) is 2. The fourth-order valence-corrected chi connectivity index (χ4v) is 7.92. The Morgan fingerprint density at radius 2 is 1.50 bits per heavy atom. The van der Waals surface area contributed by atoms with Gasteiger partial charge in [-0.2, -0.15) is 0 Å². The van der Waals surface area contributed by atoms with Gasteiger partial charge in [-0.3, -0.25) is 24.1 Å². The van der Waals surface area contributed by atoms with E-state index in [1.807, 2.05) is 71.9 Å². The van der Waals surface area contributed by atoms with Crippen molar-refractivity contribution >= 4 is 29.7 Å². The molecule has 1 aliphatic heterocycles. The number of benzene rings is 1. The molecule has 1 heterocycles. The van der Waals surface area contributed by atoms with Gasteiger partial charge in [0.25, 0.3) is 0 Å². The monoisotopic (exact) mass is 790 g/mol. The highest BCUT2D eigenvalue weighted by Gasteiger charge is 2.43. The van der Waals surface area contributed by atoms with Gasteiger partial charge >= 0.3 is 6.09 Å². The zero-order valence-electron chi connectivity index (χ0n) is 36.1. The summed E-state index contributed by atoms with van der Waals surface area (Å²) in [5.74, 6) is -2.53. The van der Waals surface area contributed by atoms with Crippen LogP contribution in [0.2, 0.25) is 0 Å². The molecule has 14 heteroatoms. The molecule has 318 valence electrons. The lowest BCUT2D eigenvalue weighted by Gasteiger charge is -2.41. The average molecular weight is 790 g/mol. The van der Waals surface area contributed by atoms with Crippen molar-refractivity contribution < 1.29 is 43.3 Å². The second-order valence-corrected chi connectivity index (χ2v) is 16.0. The number of aliphatic hydroxyl groups is 1. The number of amides is 5. The van der Waals surface area contributed by atoms with E-state index >= 15 is 0 Å². The van der Waals surface area contributed by atoms with Crippen LogP contribution in [0.3, 0.4) is 0 Å². The standard InChI is InChI=1S/C42H71N5O9/c1-14-27(7)36(45(10)41(52)34(25(3)4)44-40(51)35(26(5)6)46(11)42(53)56-15-2)32(54-12)24-33(48)47-23-19-22-31(47)38(55-13)28(8)39(50)43-29(9)37(49)30-20-17-16-18-21-30/h16-18,20-21,25-29,31-32,34-38,49H,14-15,19,22-24H2,1-13H3,(H,43,50)(H,44,51)/t27-,28?,29+,31-,32?,34-,35-,36-,37+,38+/m0/s1. The molecule has 1 aliphatic rings. The molecule has 56 heavy (non-hydrogen) atoms. The molecule has 5 amide bonds. The molecule has 10 atom stereocenters. The van der Waals surface area contributed by atoms with Gasteiger partial charge in [0, 0.05) is 34.9 Å². The third kappa shape index (κ3) is 12.4. The first-order chi connectivity index (χ1) is 26.4. The van der Waals surface area contributed by atoms with Crippen molar-refractivity contribution in [3.63, 3.8) is 0 Å². The number of rotatable bonds is 21. The van der Waals surface area contributed by atoms with Crippen LogP contribution in [0.25, 0.3) is 0 Å². The zero-order valence-corrected chi connectivity index (χ0v) is 36.1. The molecule has 1 fully saturated rings. The first-order valence-corrected chi connectivity index (χ1v) is 20.2. The summed E-state index contributed by atoms with van der Waals surface area (Å²) < 4.78 is 17.1. The van der Waals surface area contributed by atoms with Gasteiger partial charge in [-0.05, 0) is 50.0 Å². The van der Waals surface area contributed by atoms with Gasteiger partial charge in [0.2, 0.25) is 23.6 Å². The lowest BCUT2D eigenvalue weighted by atomic mass is 9.89. The van der Waals surface area contributed by atoms with Gasteiger partial charge in [0.15, 0.2) is 0 Å². The number of likely N-dealkylation sites (tertiary alicyclic amines) is 1. The van der Waals surface area contributed by atoms with Gasteiger partial charge in [-0.15, -0.1) is 0 Å². The fraction of sp³-hybridized carbons (Fsp3) is 0.738. The average Bonchev–Trinajstić information content (AvgIpc) is 3.65. The van der Waals surface area contributed by atoms with Crippen LogP contribution in [-0.4, -0.2) is 133 Å². The van der Waals surface area contributed by atoms with E-state index in [9.17, 15) is 29.1 Å². The number of carbonyl (C=O) groups is 5. The number of hydrogen-bond acceptors (Lipinski definition) is 9. The van der Waals surface area contributed by atoms with Crippen molar-refractivity contribution in [1.82, 2.24) is 25.3 Å². The van der Waals surface area contributed by atoms with Crippen molar-refractivity contribution in [2.24, 2.45) is 23.7 Å². The van der Waals surface area contributed by atoms with E-state index in [0.29, 0.717) is 24.9 Å². The molecular weight excluding hydrogens is 718 g/mol. The zero-order chi connectivity index (χ0) is 42.4. The van der Waals surface area contributed by atoms with Crippen LogP contribution in [0.15, 0.2) is 30.3 Å². The molecule has 2 unspecified atom stereocenters. The molecule has 2 rings (SSSR count). The van der Waals surface area contributed by atoms with Crippen molar-refractivity contribution in [3.05, 3.63) is 35.9 Å². The molecule has 0 radical (unpaired) electrons. The van der Waals surface area contributed by atoms with E-state index in [2.05, 4.69) is 10.6 Å². The summed E-state index contributed by atoms with van der Waals surface area (Å²) in [5.41, 5.74) is 0.697. The molecule has 14 nitrogen and oxygen atoms in total. The van der Waals surface area contributed by atoms with Crippen LogP contribution in [0.5, 0.6) is 0 Å². The molecule has 0 bridgehead atoms. The number of likely N-dealkylation sites (N-methyl/N-ethyl adjacent to an activating group) is 2. The molecule has 1 saturated heterocycles. The Kier molecular flexibility index (Phi) is 19.8. The maximum Gasteiger partial charge on any atom is 0.410 e. The van der Waals surface area contributed by atoms with Gasteiger partial charge in [0.05, 0.1) is 55.4 Å². The second kappa shape index (κ2) is 22.9. The minimum atomic E-state index is -0.918. The minimum absolute atomic E-state index is 0.0184. The molecule has 1 aromatic carbocycles. The summed E-state index contributed by atoms with van der Waals surface area (Å²) in [6.07, 6.45) is -0.757. The van der Waals surface area contributed by atoms with E-state index in [1.165, 1.54) is 26.2 Å². The van der Waals surface area contributed by atoms with Gasteiger partial charge in [0.1, 0.15) is 12.1 Å². The highest BCUT2D eigenvalue weighted by Crippen LogP contribution is 2.30. The lowest BCUT2D eigenvalue weighted by Crippen LogP contribution is -2.60. The van der Waals surface area contributed by atoms with Crippen molar-refractivity contribution in [2.45, 2.75) is 137 Å². The van der Waals surface area contributed by atoms with Crippen LogP contribution >= 0.6 is 0 Å². The highest BCUT2D eigenvalue weighted by molar-refractivity contribution is 5.91. The first-order valence-electron chi connectivity index (χ1n) is 20.2. The van der Waals surface area contributed by atoms with E-state index in [-0.39, 0.29) is 54.5 Å². The van der Waals surface area contributed by atoms with Gasteiger partial charge in [-0.1, -0.05) is 85.2 Å². The molecule has 0 saturated carbocycles. The van der Waals surface area contributed by atoms with E-state index in [4.69, 9.17) is 14.2 Å². The Labute approximate surface area is 335 Å². The maximum absolute atomic E-state index is 14.3. The number of methoxy groups -OCH3 is 2. The van der Waals surface area contributed by atoms with E-state index < -0.39 is 60.4 Å². The quantitative estimate of drug-likeness (QED) is 0.164. The van der Waals surface area contributed by atoms with Crippen LogP contribution in [-0.2, 0) is 33.4 Å². The largest absolute Gasteiger partial charge is 0.450 e. The molecule has 3 N–H and O–H groups in total. The molecule has 1 aromatic rings. The fourth-order valence-electron chi connectivity index (χ4n) is 7.92. The number of ether oxygens (including phenoxy) is 3. The topological polar surface area (TPSA) is 167 Å². The molecule has 0 spiro atoms. The Bertz CT molecular complexity index is 1410. The van der Waals surface area contributed by atoms with Crippen LogP contribution in [0.1, 0.15) is 99.7 Å². The van der Waals surface area contributed by atoms with Crippen molar-refractivity contribution in [2.75, 3.05) is 41.5 Å². The summed E-state index contributed by atoms with van der Waals surface area (Å²) in [4.78, 5) is 72.9. The summed E-state index contributed by atoms with van der Waals surface area (Å²) in [7, 11) is 6.26. The normalized spacial score (nSPS) is 19.2. The van der Waals surface area contributed by atoms with Gasteiger partial charge < -0.3 is 39.8 Å². The third-order valence-corrected chi connectivity index (χ3v) is 11.3. The summed E-state index contributed by atoms with van der Waals surface area (Å²) in [6, 6.07) is 5.90. The molecule has 0 aromatic heterocycles. The molecule has 0 aliphatic carbocycles. The minimum Gasteiger partial charge on any atom is -0.450 e. The third-order valence-electron chi connectivity index (χ3n) is 11.3. The summed E-state index contributed by atoms with van der Waals surface area (Å²) in [6.45, 7) is 17.2. The number of carbonyl (C=O) groups excluding carboxylic acids is 5.